The van der Waals surface area contributed by atoms with Crippen molar-refractivity contribution in [3.05, 3.63) is 52.1 Å². The van der Waals surface area contributed by atoms with E-state index in [1.807, 2.05) is 37.9 Å². The third-order valence-electron chi connectivity index (χ3n) is 4.55. The Bertz CT molecular complexity index is 785. The molecule has 0 amide bonds. The smallest absolute Gasteiger partial charge is 0.191 e. The second kappa shape index (κ2) is 10.3. The molecule has 5 nitrogen and oxygen atoms in total. The Labute approximate surface area is 165 Å². The molecule has 0 radical (unpaired) electrons. The fourth-order valence-corrected chi connectivity index (χ4v) is 3.61. The fourth-order valence-electron chi connectivity index (χ4n) is 3.03. The van der Waals surface area contributed by atoms with Gasteiger partial charge in [0.1, 0.15) is 5.82 Å². The third-order valence-corrected chi connectivity index (χ3v) is 5.15. The number of hydrogen-bond acceptors (Lipinski definition) is 3. The summed E-state index contributed by atoms with van der Waals surface area (Å²) in [5.74, 6) is 1.36. The molecule has 0 saturated carbocycles. The van der Waals surface area contributed by atoms with Gasteiger partial charge >= 0.3 is 0 Å². The molecule has 2 N–H and O–H groups in total. The minimum absolute atomic E-state index is 0.195. The van der Waals surface area contributed by atoms with Gasteiger partial charge in [0, 0.05) is 31.6 Å². The lowest BCUT2D eigenvalue weighted by Gasteiger charge is -2.12. The van der Waals surface area contributed by atoms with Crippen LogP contribution in [0.25, 0.3) is 0 Å². The second-order valence-corrected chi connectivity index (χ2v) is 7.36. The summed E-state index contributed by atoms with van der Waals surface area (Å²) in [5, 5.41) is 11.1. The van der Waals surface area contributed by atoms with E-state index in [2.05, 4.69) is 27.6 Å². The van der Waals surface area contributed by atoms with E-state index in [1.165, 1.54) is 17.3 Å². The first-order chi connectivity index (χ1) is 13.0. The molecule has 1 heterocycles. The molecular weight excluding hydrogens is 361 g/mol. The van der Waals surface area contributed by atoms with Crippen LogP contribution in [0.1, 0.15) is 35.0 Å². The van der Waals surface area contributed by atoms with E-state index < -0.39 is 0 Å². The summed E-state index contributed by atoms with van der Waals surface area (Å²) in [6, 6.07) is 4.94. The summed E-state index contributed by atoms with van der Waals surface area (Å²) in [4.78, 5) is 4.68. The molecular formula is C20H30FN5S. The first kappa shape index (κ1) is 21.3. The summed E-state index contributed by atoms with van der Waals surface area (Å²) < 4.78 is 15.4. The van der Waals surface area contributed by atoms with Gasteiger partial charge in [0.05, 0.1) is 12.2 Å². The minimum atomic E-state index is -0.195. The van der Waals surface area contributed by atoms with Crippen LogP contribution in [0.4, 0.5) is 4.39 Å². The number of benzene rings is 1. The molecule has 0 aliphatic rings. The Morgan fingerprint density at radius 2 is 2.04 bits per heavy atom. The van der Waals surface area contributed by atoms with Crippen LogP contribution in [0.15, 0.2) is 23.2 Å². The molecule has 0 unspecified atom stereocenters. The number of nitrogens with one attached hydrogen (secondary N) is 2. The lowest BCUT2D eigenvalue weighted by atomic mass is 10.1. The summed E-state index contributed by atoms with van der Waals surface area (Å²) >= 11 is 1.68. The van der Waals surface area contributed by atoms with Gasteiger partial charge in [-0.3, -0.25) is 4.68 Å². The molecule has 2 rings (SSSR count). The zero-order valence-corrected chi connectivity index (χ0v) is 17.7. The number of aryl methyl sites for hydroxylation is 2. The van der Waals surface area contributed by atoms with Gasteiger partial charge in [0.15, 0.2) is 5.96 Å². The molecule has 0 atom stereocenters. The first-order valence-corrected chi connectivity index (χ1v) is 10.6. The maximum absolute atomic E-state index is 13.5. The van der Waals surface area contributed by atoms with E-state index >= 15 is 0 Å². The number of rotatable bonds is 8. The maximum Gasteiger partial charge on any atom is 0.191 e. The van der Waals surface area contributed by atoms with Crippen LogP contribution < -0.4 is 10.6 Å². The summed E-state index contributed by atoms with van der Waals surface area (Å²) in [7, 11) is 1.97. The Hall–Kier alpha value is -2.02. The fraction of sp³-hybridized carbons (Fsp3) is 0.500. The predicted octanol–water partition coefficient (Wildman–Crippen LogP) is 3.34. The molecule has 7 heteroatoms. The van der Waals surface area contributed by atoms with Crippen molar-refractivity contribution >= 4 is 17.7 Å². The van der Waals surface area contributed by atoms with E-state index in [9.17, 15) is 4.39 Å². The molecule has 27 heavy (non-hydrogen) atoms. The minimum Gasteiger partial charge on any atom is -0.357 e. The van der Waals surface area contributed by atoms with Crippen LogP contribution in [0.3, 0.4) is 0 Å². The van der Waals surface area contributed by atoms with Crippen molar-refractivity contribution < 1.29 is 4.39 Å². The summed E-state index contributed by atoms with van der Waals surface area (Å²) in [5.41, 5.74) is 5.61. The van der Waals surface area contributed by atoms with Crippen LogP contribution in [0.2, 0.25) is 0 Å². The van der Waals surface area contributed by atoms with Crippen molar-refractivity contribution in [3.8, 4) is 0 Å². The van der Waals surface area contributed by atoms with Crippen LogP contribution in [-0.4, -0.2) is 35.1 Å². The number of nitrogens with zero attached hydrogens (tertiary/aromatic N) is 3. The first-order valence-electron chi connectivity index (χ1n) is 9.23. The molecule has 0 spiro atoms. The quantitative estimate of drug-likeness (QED) is 0.535. The highest BCUT2D eigenvalue weighted by molar-refractivity contribution is 7.97. The largest absolute Gasteiger partial charge is 0.357 e. The van der Waals surface area contributed by atoms with Crippen LogP contribution in [0, 0.1) is 19.7 Å². The number of aromatic nitrogens is 2. The number of guanidine groups is 1. The van der Waals surface area contributed by atoms with Gasteiger partial charge in [-0.25, -0.2) is 9.38 Å². The number of hydrogen-bond donors (Lipinski definition) is 2. The van der Waals surface area contributed by atoms with E-state index in [4.69, 9.17) is 0 Å². The Kier molecular flexibility index (Phi) is 8.16. The van der Waals surface area contributed by atoms with Gasteiger partial charge in [-0.05, 0) is 62.3 Å². The van der Waals surface area contributed by atoms with Crippen molar-refractivity contribution in [1.29, 1.82) is 0 Å². The standard InChI is InChI=1S/C20H30FN5S/c1-6-22-20(23-10-9-19-14(2)25-26(4)15(19)3)24-12-16-7-8-18(21)11-17(16)13-27-5/h7-8,11H,6,9-10,12-13H2,1-5H3,(H2,22,23,24). The highest BCUT2D eigenvalue weighted by Gasteiger charge is 2.09. The number of aliphatic imine (C=N–C) groups is 1. The molecule has 0 saturated heterocycles. The van der Waals surface area contributed by atoms with E-state index in [1.54, 1.807) is 17.8 Å². The van der Waals surface area contributed by atoms with Crippen LogP contribution in [-0.2, 0) is 25.8 Å². The van der Waals surface area contributed by atoms with E-state index in [-0.39, 0.29) is 5.82 Å². The third kappa shape index (κ3) is 5.99. The zero-order valence-electron chi connectivity index (χ0n) is 16.9. The van der Waals surface area contributed by atoms with Gasteiger partial charge in [-0.1, -0.05) is 6.07 Å². The number of thioether (sulfide) groups is 1. The van der Waals surface area contributed by atoms with Gasteiger partial charge in [-0.15, -0.1) is 0 Å². The lowest BCUT2D eigenvalue weighted by molar-refractivity contribution is 0.625. The van der Waals surface area contributed by atoms with Crippen molar-refractivity contribution in [3.63, 3.8) is 0 Å². The molecule has 1 aromatic carbocycles. The average Bonchev–Trinajstić information content (AvgIpc) is 2.87. The van der Waals surface area contributed by atoms with Crippen LogP contribution in [0.5, 0.6) is 0 Å². The van der Waals surface area contributed by atoms with Gasteiger partial charge in [0.25, 0.3) is 0 Å². The van der Waals surface area contributed by atoms with E-state index in [0.717, 1.165) is 48.0 Å². The topological polar surface area (TPSA) is 54.2 Å². The van der Waals surface area contributed by atoms with Gasteiger partial charge < -0.3 is 10.6 Å². The zero-order chi connectivity index (χ0) is 19.8. The molecule has 0 aliphatic carbocycles. The molecule has 2 aromatic rings. The predicted molar refractivity (Wildman–Crippen MR) is 113 cm³/mol. The average molecular weight is 392 g/mol. The monoisotopic (exact) mass is 391 g/mol. The Morgan fingerprint density at radius 1 is 1.26 bits per heavy atom. The van der Waals surface area contributed by atoms with E-state index in [0.29, 0.717) is 6.54 Å². The Balaban J connectivity index is 2.02. The number of halogens is 1. The highest BCUT2D eigenvalue weighted by atomic mass is 32.2. The molecule has 148 valence electrons. The van der Waals surface area contributed by atoms with Crippen molar-refractivity contribution in [2.45, 2.75) is 39.5 Å². The summed E-state index contributed by atoms with van der Waals surface area (Å²) in [6.45, 7) is 8.28. The molecule has 0 fully saturated rings. The van der Waals surface area contributed by atoms with Crippen LogP contribution >= 0.6 is 11.8 Å². The second-order valence-electron chi connectivity index (χ2n) is 6.49. The normalized spacial score (nSPS) is 11.7. The molecule has 0 aliphatic heterocycles. The van der Waals surface area contributed by atoms with Crippen molar-refractivity contribution in [2.24, 2.45) is 12.0 Å². The molecule has 1 aromatic heterocycles. The summed E-state index contributed by atoms with van der Waals surface area (Å²) in [6.07, 6.45) is 2.91. The molecule has 0 bridgehead atoms. The lowest BCUT2D eigenvalue weighted by Crippen LogP contribution is -2.38. The highest BCUT2D eigenvalue weighted by Crippen LogP contribution is 2.17. The Morgan fingerprint density at radius 3 is 2.67 bits per heavy atom. The maximum atomic E-state index is 13.5. The van der Waals surface area contributed by atoms with Gasteiger partial charge in [0.2, 0.25) is 0 Å². The van der Waals surface area contributed by atoms with Crippen molar-refractivity contribution in [2.75, 3.05) is 19.3 Å². The van der Waals surface area contributed by atoms with Crippen molar-refractivity contribution in [1.82, 2.24) is 20.4 Å². The van der Waals surface area contributed by atoms with Gasteiger partial charge in [-0.2, -0.15) is 16.9 Å². The SMILES string of the molecule is CCNC(=NCc1ccc(F)cc1CSC)NCCc1c(C)nn(C)c1C.